The number of hydrogen-bond donors (Lipinski definition) is 1. The predicted molar refractivity (Wildman–Crippen MR) is 92.5 cm³/mol. The topological polar surface area (TPSA) is 112 Å². The van der Waals surface area contributed by atoms with Gasteiger partial charge in [0.2, 0.25) is 0 Å². The lowest BCUT2D eigenvalue weighted by atomic mass is 10.2. The average molecular weight is 392 g/mol. The van der Waals surface area contributed by atoms with E-state index in [0.29, 0.717) is 5.76 Å². The molecule has 2 heterocycles. The van der Waals surface area contributed by atoms with Gasteiger partial charge in [-0.05, 0) is 36.8 Å². The van der Waals surface area contributed by atoms with E-state index < -0.39 is 17.4 Å². The van der Waals surface area contributed by atoms with E-state index >= 15 is 0 Å². The number of nitrogens with one attached hydrogen (secondary N) is 1. The molecule has 2 aromatic heterocycles. The first-order valence-corrected chi connectivity index (χ1v) is 7.94. The van der Waals surface area contributed by atoms with Gasteiger partial charge in [0.15, 0.2) is 5.76 Å². The van der Waals surface area contributed by atoms with Crippen molar-refractivity contribution in [2.75, 3.05) is 5.32 Å². The van der Waals surface area contributed by atoms with E-state index in [1.54, 1.807) is 13.0 Å². The molecule has 146 valence electrons. The van der Waals surface area contributed by atoms with Crippen LogP contribution in [0.15, 0.2) is 47.1 Å². The monoisotopic (exact) mass is 392 g/mol. The Morgan fingerprint density at radius 1 is 1.39 bits per heavy atom. The molecule has 0 saturated carbocycles. The van der Waals surface area contributed by atoms with E-state index in [4.69, 9.17) is 4.42 Å². The fourth-order valence-corrected chi connectivity index (χ4v) is 2.40. The van der Waals surface area contributed by atoms with Gasteiger partial charge in [0.05, 0.1) is 17.2 Å². The second kappa shape index (κ2) is 7.86. The summed E-state index contributed by atoms with van der Waals surface area (Å²) in [5.41, 5.74) is 0.638. The summed E-state index contributed by atoms with van der Waals surface area (Å²) in [6, 6.07) is 7.29. The zero-order valence-electron chi connectivity index (χ0n) is 14.5. The Hall–Kier alpha value is -3.76. The molecule has 0 bridgehead atoms. The van der Waals surface area contributed by atoms with Crippen LogP contribution in [0.2, 0.25) is 0 Å². The number of hydrogen-bond acceptors (Lipinski definition) is 6. The molecule has 0 aliphatic heterocycles. The molecule has 0 saturated heterocycles. The molecule has 0 spiro atoms. The number of amides is 1. The molecular weight excluding hydrogens is 378 g/mol. The number of nitro groups is 1. The van der Waals surface area contributed by atoms with Crippen molar-refractivity contribution in [2.24, 2.45) is 0 Å². The zero-order valence-corrected chi connectivity index (χ0v) is 14.5. The fourth-order valence-electron chi connectivity index (χ4n) is 2.40. The summed E-state index contributed by atoms with van der Waals surface area (Å²) in [5, 5.41) is 17.0. The van der Waals surface area contributed by atoms with Crippen LogP contribution in [0.1, 0.15) is 21.9 Å². The van der Waals surface area contributed by atoms with Crippen LogP contribution >= 0.6 is 0 Å². The molecule has 11 heteroatoms. The number of alkyl halides is 2. The smallest absolute Gasteiger partial charge is 0.387 e. The van der Waals surface area contributed by atoms with Gasteiger partial charge < -0.3 is 14.5 Å². The van der Waals surface area contributed by atoms with Gasteiger partial charge in [-0.2, -0.15) is 13.9 Å². The van der Waals surface area contributed by atoms with E-state index in [1.165, 1.54) is 35.1 Å². The highest BCUT2D eigenvalue weighted by Crippen LogP contribution is 2.28. The summed E-state index contributed by atoms with van der Waals surface area (Å²) in [6.45, 7) is -1.23. The van der Waals surface area contributed by atoms with E-state index in [0.717, 1.165) is 11.8 Å². The maximum atomic E-state index is 12.5. The third-order valence-electron chi connectivity index (χ3n) is 3.63. The molecule has 9 nitrogen and oxygen atoms in total. The maximum Gasteiger partial charge on any atom is 0.387 e. The van der Waals surface area contributed by atoms with E-state index in [-0.39, 0.29) is 29.4 Å². The molecule has 3 aromatic rings. The molecule has 28 heavy (non-hydrogen) atoms. The first-order valence-electron chi connectivity index (χ1n) is 7.94. The zero-order chi connectivity index (χ0) is 20.3. The Labute approximate surface area is 156 Å². The summed E-state index contributed by atoms with van der Waals surface area (Å²) in [7, 11) is 0. The predicted octanol–water partition coefficient (Wildman–Crippen LogP) is 3.59. The molecule has 1 aromatic carbocycles. The van der Waals surface area contributed by atoms with Crippen LogP contribution in [-0.2, 0) is 6.54 Å². The first kappa shape index (κ1) is 19.0. The van der Waals surface area contributed by atoms with Crippen LogP contribution in [0, 0.1) is 17.0 Å². The molecule has 0 atom stereocenters. The van der Waals surface area contributed by atoms with E-state index in [1.807, 2.05) is 0 Å². The molecule has 0 radical (unpaired) electrons. The Balaban J connectivity index is 1.72. The maximum absolute atomic E-state index is 12.5. The minimum Gasteiger partial charge on any atom is -0.454 e. The van der Waals surface area contributed by atoms with Crippen LogP contribution in [0.4, 0.5) is 20.2 Å². The number of ether oxygens (including phenoxy) is 1. The Morgan fingerprint density at radius 3 is 2.86 bits per heavy atom. The molecule has 0 aliphatic carbocycles. The third-order valence-corrected chi connectivity index (χ3v) is 3.63. The van der Waals surface area contributed by atoms with E-state index in [2.05, 4.69) is 15.2 Å². The van der Waals surface area contributed by atoms with E-state index in [9.17, 15) is 23.7 Å². The normalized spacial score (nSPS) is 10.9. The lowest BCUT2D eigenvalue weighted by molar-refractivity contribution is -0.385. The lowest BCUT2D eigenvalue weighted by Crippen LogP contribution is -2.13. The number of benzene rings is 1. The van der Waals surface area contributed by atoms with Gasteiger partial charge in [0.25, 0.3) is 5.91 Å². The van der Waals surface area contributed by atoms with Crippen molar-refractivity contribution in [2.45, 2.75) is 20.1 Å². The number of aromatic nitrogens is 2. The highest BCUT2D eigenvalue weighted by molar-refractivity contribution is 6.03. The second-order valence-corrected chi connectivity index (χ2v) is 5.75. The van der Waals surface area contributed by atoms with Gasteiger partial charge in [-0.15, -0.1) is 0 Å². The van der Waals surface area contributed by atoms with Gasteiger partial charge in [0, 0.05) is 0 Å². The highest BCUT2D eigenvalue weighted by atomic mass is 19.3. The third kappa shape index (κ3) is 4.50. The van der Waals surface area contributed by atoms with Gasteiger partial charge in [0.1, 0.15) is 23.9 Å². The molecule has 3 rings (SSSR count). The van der Waals surface area contributed by atoms with Crippen LogP contribution < -0.4 is 10.1 Å². The average Bonchev–Trinajstić information content (AvgIpc) is 3.27. The minimum atomic E-state index is -3.04. The van der Waals surface area contributed by atoms with Crippen LogP contribution in [0.25, 0.3) is 0 Å². The molecular formula is C17H14F2N4O5. The first-order chi connectivity index (χ1) is 13.3. The largest absolute Gasteiger partial charge is 0.454 e. The van der Waals surface area contributed by atoms with Crippen molar-refractivity contribution in [3.05, 3.63) is 69.9 Å². The van der Waals surface area contributed by atoms with Gasteiger partial charge >= 0.3 is 12.3 Å². The number of furan rings is 1. The minimum absolute atomic E-state index is 0.0684. The van der Waals surface area contributed by atoms with Gasteiger partial charge in [-0.25, -0.2) is 0 Å². The SMILES string of the molecule is Cc1ccc(OC(F)F)c(NC(=O)c2ccc(Cn3cc([N+](=O)[O-])cn3)o2)c1. The Bertz CT molecular complexity index is 1010. The Kier molecular flexibility index (Phi) is 5.34. The van der Waals surface area contributed by atoms with Crippen LogP contribution in [0.3, 0.4) is 0 Å². The number of anilines is 1. The summed E-state index contributed by atoms with van der Waals surface area (Å²) in [5.74, 6) is -0.579. The molecule has 1 amide bonds. The van der Waals surface area contributed by atoms with Crippen molar-refractivity contribution < 1.29 is 27.7 Å². The fraction of sp³-hybridized carbons (Fsp3) is 0.176. The van der Waals surface area contributed by atoms with Gasteiger partial charge in [-0.3, -0.25) is 19.6 Å². The quantitative estimate of drug-likeness (QED) is 0.486. The van der Waals surface area contributed by atoms with Crippen LogP contribution in [0.5, 0.6) is 5.75 Å². The van der Waals surface area contributed by atoms with Crippen molar-refractivity contribution in [1.29, 1.82) is 0 Å². The number of halogens is 2. The molecule has 0 fully saturated rings. The van der Waals surface area contributed by atoms with Crippen molar-refractivity contribution in [3.8, 4) is 5.75 Å². The van der Waals surface area contributed by atoms with Crippen molar-refractivity contribution in [3.63, 3.8) is 0 Å². The summed E-state index contributed by atoms with van der Waals surface area (Å²) in [4.78, 5) is 22.5. The summed E-state index contributed by atoms with van der Waals surface area (Å²) < 4.78 is 36.1. The molecule has 0 aliphatic rings. The molecule has 0 unspecified atom stereocenters. The summed E-state index contributed by atoms with van der Waals surface area (Å²) >= 11 is 0. The lowest BCUT2D eigenvalue weighted by Gasteiger charge is -2.12. The number of nitrogens with zero attached hydrogens (tertiary/aromatic N) is 3. The highest BCUT2D eigenvalue weighted by Gasteiger charge is 2.17. The van der Waals surface area contributed by atoms with Gasteiger partial charge in [-0.1, -0.05) is 6.07 Å². The Morgan fingerprint density at radius 2 is 2.18 bits per heavy atom. The summed E-state index contributed by atoms with van der Waals surface area (Å²) in [6.07, 6.45) is 2.32. The van der Waals surface area contributed by atoms with Crippen molar-refractivity contribution >= 4 is 17.3 Å². The standard InChI is InChI=1S/C17H14F2N4O5/c1-10-2-4-14(28-17(18)19)13(6-10)21-16(24)15-5-3-12(27-15)9-22-8-11(7-20-22)23(25)26/h2-8,17H,9H2,1H3,(H,21,24). The number of carbonyl (C=O) groups excluding carboxylic acids is 1. The molecule has 1 N–H and O–H groups in total. The van der Waals surface area contributed by atoms with Crippen LogP contribution in [-0.4, -0.2) is 27.2 Å². The number of rotatable bonds is 7. The van der Waals surface area contributed by atoms with Crippen molar-refractivity contribution in [1.82, 2.24) is 9.78 Å². The second-order valence-electron chi connectivity index (χ2n) is 5.75. The number of carbonyl (C=O) groups is 1. The number of aryl methyl sites for hydroxylation is 1.